The number of unbranched alkanes of at least 4 members (excludes halogenated alkanes) is 24. The first kappa shape index (κ1) is 57.1. The molecule has 0 heterocycles. The van der Waals surface area contributed by atoms with Gasteiger partial charge in [0, 0.05) is 19.3 Å². The maximum atomic E-state index is 12.8. The van der Waals surface area contributed by atoms with Gasteiger partial charge in [0.1, 0.15) is 13.2 Å². The molecule has 0 rings (SSSR count). The van der Waals surface area contributed by atoms with Gasteiger partial charge in [0.2, 0.25) is 0 Å². The van der Waals surface area contributed by atoms with Crippen LogP contribution in [0.25, 0.3) is 0 Å². The first-order valence-electron chi connectivity index (χ1n) is 25.3. The summed E-state index contributed by atoms with van der Waals surface area (Å²) < 4.78 is 16.7. The number of carbonyl (C=O) groups is 3. The minimum atomic E-state index is -0.789. The van der Waals surface area contributed by atoms with E-state index in [1.807, 2.05) is 0 Å². The molecule has 0 amide bonds. The molecule has 6 nitrogen and oxygen atoms in total. The highest BCUT2D eigenvalue weighted by Crippen LogP contribution is 2.15. The molecule has 346 valence electrons. The SMILES string of the molecule is CC/C=C\C/C=C\C/C=C\C/C=C\CCCCC(=O)OC[C@H](COC(=O)CCCCCCCCC/C=C\CCCCCC)OC(=O)CCCCCCCCCCCCCC. The molecular weight excluding hydrogens is 745 g/mol. The van der Waals surface area contributed by atoms with E-state index in [1.54, 1.807) is 0 Å². The number of allylic oxidation sites excluding steroid dienone is 10. The molecule has 0 radical (unpaired) electrons. The molecule has 0 N–H and O–H groups in total. The summed E-state index contributed by atoms with van der Waals surface area (Å²) in [6.07, 6.45) is 59.1. The van der Waals surface area contributed by atoms with Gasteiger partial charge in [-0.25, -0.2) is 0 Å². The third-order valence-electron chi connectivity index (χ3n) is 10.8. The summed E-state index contributed by atoms with van der Waals surface area (Å²) in [5, 5.41) is 0. The fraction of sp³-hybridized carbons (Fsp3) is 0.759. The first-order valence-corrected chi connectivity index (χ1v) is 25.3. The topological polar surface area (TPSA) is 78.9 Å². The van der Waals surface area contributed by atoms with E-state index in [2.05, 4.69) is 81.5 Å². The number of ether oxygens (including phenoxy) is 3. The maximum absolute atomic E-state index is 12.8. The van der Waals surface area contributed by atoms with Crippen molar-refractivity contribution in [1.82, 2.24) is 0 Å². The largest absolute Gasteiger partial charge is 0.462 e. The fourth-order valence-corrected chi connectivity index (χ4v) is 6.96. The highest BCUT2D eigenvalue weighted by molar-refractivity contribution is 5.71. The van der Waals surface area contributed by atoms with Crippen LogP contribution in [0.3, 0.4) is 0 Å². The summed E-state index contributed by atoms with van der Waals surface area (Å²) in [5.41, 5.74) is 0. The first-order chi connectivity index (χ1) is 29.5. The lowest BCUT2D eigenvalue weighted by molar-refractivity contribution is -0.167. The smallest absolute Gasteiger partial charge is 0.306 e. The molecule has 0 unspecified atom stereocenters. The van der Waals surface area contributed by atoms with Crippen LogP contribution in [0.5, 0.6) is 0 Å². The Balaban J connectivity index is 4.43. The van der Waals surface area contributed by atoms with Gasteiger partial charge in [0.05, 0.1) is 0 Å². The van der Waals surface area contributed by atoms with Crippen molar-refractivity contribution in [3.8, 4) is 0 Å². The van der Waals surface area contributed by atoms with E-state index in [1.165, 1.54) is 122 Å². The van der Waals surface area contributed by atoms with Crippen LogP contribution in [0.15, 0.2) is 60.8 Å². The third kappa shape index (κ3) is 46.2. The van der Waals surface area contributed by atoms with Crippen molar-refractivity contribution in [3.05, 3.63) is 60.8 Å². The normalized spacial score (nSPS) is 12.5. The Labute approximate surface area is 370 Å². The monoisotopic (exact) mass is 839 g/mol. The van der Waals surface area contributed by atoms with E-state index >= 15 is 0 Å². The lowest BCUT2D eigenvalue weighted by Gasteiger charge is -2.18. The lowest BCUT2D eigenvalue weighted by Crippen LogP contribution is -2.30. The molecular formula is C54H94O6. The van der Waals surface area contributed by atoms with E-state index in [4.69, 9.17) is 14.2 Å². The number of hydrogen-bond acceptors (Lipinski definition) is 6. The summed E-state index contributed by atoms with van der Waals surface area (Å²) in [6.45, 7) is 6.47. The van der Waals surface area contributed by atoms with Gasteiger partial charge in [-0.05, 0) is 83.5 Å². The number of rotatable bonds is 45. The molecule has 0 saturated carbocycles. The summed E-state index contributed by atoms with van der Waals surface area (Å²) in [6, 6.07) is 0. The minimum Gasteiger partial charge on any atom is -0.462 e. The predicted octanol–water partition coefficient (Wildman–Crippen LogP) is 16.5. The average molecular weight is 839 g/mol. The van der Waals surface area contributed by atoms with E-state index in [-0.39, 0.29) is 31.1 Å². The number of hydrogen-bond donors (Lipinski definition) is 0. The van der Waals surface area contributed by atoms with E-state index in [0.29, 0.717) is 19.3 Å². The summed E-state index contributed by atoms with van der Waals surface area (Å²) in [7, 11) is 0. The van der Waals surface area contributed by atoms with Gasteiger partial charge in [-0.2, -0.15) is 0 Å². The predicted molar refractivity (Wildman–Crippen MR) is 256 cm³/mol. The summed E-state index contributed by atoms with van der Waals surface area (Å²) in [4.78, 5) is 37.9. The van der Waals surface area contributed by atoms with Crippen molar-refractivity contribution in [3.63, 3.8) is 0 Å². The molecule has 6 heteroatoms. The average Bonchev–Trinajstić information content (AvgIpc) is 3.24. The quantitative estimate of drug-likeness (QED) is 0.0263. The Morgan fingerprint density at radius 1 is 0.350 bits per heavy atom. The molecule has 0 aliphatic rings. The molecule has 0 bridgehead atoms. The van der Waals surface area contributed by atoms with E-state index in [0.717, 1.165) is 83.5 Å². The summed E-state index contributed by atoms with van der Waals surface area (Å²) >= 11 is 0. The van der Waals surface area contributed by atoms with Crippen LogP contribution in [-0.2, 0) is 28.6 Å². The van der Waals surface area contributed by atoms with E-state index < -0.39 is 6.10 Å². The van der Waals surface area contributed by atoms with Crippen LogP contribution in [0.1, 0.15) is 245 Å². The molecule has 0 aromatic carbocycles. The van der Waals surface area contributed by atoms with Gasteiger partial charge in [-0.15, -0.1) is 0 Å². The molecule has 0 aromatic heterocycles. The highest BCUT2D eigenvalue weighted by atomic mass is 16.6. The highest BCUT2D eigenvalue weighted by Gasteiger charge is 2.19. The Bertz CT molecular complexity index is 1100. The van der Waals surface area contributed by atoms with Gasteiger partial charge in [-0.3, -0.25) is 14.4 Å². The molecule has 0 spiro atoms. The molecule has 0 aromatic rings. The fourth-order valence-electron chi connectivity index (χ4n) is 6.96. The Kier molecular flexibility index (Phi) is 46.4. The molecule has 60 heavy (non-hydrogen) atoms. The van der Waals surface area contributed by atoms with Gasteiger partial charge in [0.25, 0.3) is 0 Å². The van der Waals surface area contributed by atoms with Crippen molar-refractivity contribution in [2.45, 2.75) is 252 Å². The minimum absolute atomic E-state index is 0.0880. The van der Waals surface area contributed by atoms with Crippen molar-refractivity contribution in [2.24, 2.45) is 0 Å². The molecule has 0 saturated heterocycles. The second-order valence-electron chi connectivity index (χ2n) is 16.7. The zero-order valence-corrected chi connectivity index (χ0v) is 39.5. The zero-order chi connectivity index (χ0) is 43.7. The van der Waals surface area contributed by atoms with Gasteiger partial charge in [0.15, 0.2) is 6.10 Å². The second kappa shape index (κ2) is 48.8. The van der Waals surface area contributed by atoms with E-state index in [9.17, 15) is 14.4 Å². The Hall–Kier alpha value is -2.89. The lowest BCUT2D eigenvalue weighted by atomic mass is 10.0. The van der Waals surface area contributed by atoms with Gasteiger partial charge < -0.3 is 14.2 Å². The molecule has 0 aliphatic heterocycles. The molecule has 0 fully saturated rings. The van der Waals surface area contributed by atoms with Crippen LogP contribution >= 0.6 is 0 Å². The maximum Gasteiger partial charge on any atom is 0.306 e. The standard InChI is InChI=1S/C54H94O6/c1-4-7-10-13-16-19-22-25-27-29-32-34-37-40-43-46-52(55)58-49-51(60-54(57)48-45-42-39-36-31-24-21-18-15-12-9-6-3)50-59-53(56)47-44-41-38-35-33-30-28-26-23-20-17-14-11-8-5-2/h7,10,16,19-20,23,25,27,32,34,51H,4-6,8-9,11-15,17-18,21-22,24,26,28-31,33,35-50H2,1-3H3/b10-7-,19-16-,23-20-,27-25-,34-32-/t51-/m1/s1. The number of esters is 3. The Morgan fingerprint density at radius 2 is 0.650 bits per heavy atom. The van der Waals surface area contributed by atoms with Crippen molar-refractivity contribution in [1.29, 1.82) is 0 Å². The second-order valence-corrected chi connectivity index (χ2v) is 16.7. The van der Waals surface area contributed by atoms with Crippen molar-refractivity contribution < 1.29 is 28.6 Å². The van der Waals surface area contributed by atoms with Crippen molar-refractivity contribution >= 4 is 17.9 Å². The van der Waals surface area contributed by atoms with Crippen LogP contribution < -0.4 is 0 Å². The van der Waals surface area contributed by atoms with Crippen LogP contribution in [-0.4, -0.2) is 37.2 Å². The van der Waals surface area contributed by atoms with Crippen molar-refractivity contribution in [2.75, 3.05) is 13.2 Å². The van der Waals surface area contributed by atoms with Crippen LogP contribution in [0.2, 0.25) is 0 Å². The van der Waals surface area contributed by atoms with Crippen LogP contribution in [0, 0.1) is 0 Å². The zero-order valence-electron chi connectivity index (χ0n) is 39.5. The third-order valence-corrected chi connectivity index (χ3v) is 10.8. The van der Waals surface area contributed by atoms with Gasteiger partial charge in [-0.1, -0.05) is 204 Å². The van der Waals surface area contributed by atoms with Gasteiger partial charge >= 0.3 is 17.9 Å². The Morgan fingerprint density at radius 3 is 1.08 bits per heavy atom. The van der Waals surface area contributed by atoms with Crippen LogP contribution in [0.4, 0.5) is 0 Å². The molecule has 0 aliphatic carbocycles. The number of carbonyl (C=O) groups excluding carboxylic acids is 3. The molecule has 1 atom stereocenters. The summed E-state index contributed by atoms with van der Waals surface area (Å²) in [5.74, 6) is -0.932.